The van der Waals surface area contributed by atoms with Gasteiger partial charge in [0.25, 0.3) is 5.91 Å². The van der Waals surface area contributed by atoms with Gasteiger partial charge in [0, 0.05) is 42.4 Å². The van der Waals surface area contributed by atoms with Gasteiger partial charge in [-0.2, -0.15) is 0 Å². The molecule has 10 heteroatoms. The first-order chi connectivity index (χ1) is 18.9. The molecule has 1 unspecified atom stereocenters. The fourth-order valence-corrected chi connectivity index (χ4v) is 4.34. The molecule has 9 nitrogen and oxygen atoms in total. The summed E-state index contributed by atoms with van der Waals surface area (Å²) in [4.78, 5) is 24.9. The standard InChI is InChI=1S/C29H31ClN6O3/c1-35-28(33-19-25(21-5-3-2-4-6-21)26(31)22-11-13-24(30)14-12-22)34-36(29(35)39)17-15-20-7-9-23(10-8-20)27(38)32-16-18-37/h2-14,25,31,37H,15-19H2,1H3,(H,32,38)(H,33,34). The van der Waals surface area contributed by atoms with Crippen LogP contribution in [0.3, 0.4) is 0 Å². The van der Waals surface area contributed by atoms with Gasteiger partial charge in [0.05, 0.1) is 13.2 Å². The Morgan fingerprint density at radius 1 is 1.03 bits per heavy atom. The maximum absolute atomic E-state index is 12.9. The number of aromatic nitrogens is 3. The molecule has 0 bridgehead atoms. The number of nitrogens with zero attached hydrogens (tertiary/aromatic N) is 3. The second kappa shape index (κ2) is 13.0. The number of aryl methyl sites for hydroxylation is 2. The number of anilines is 1. The summed E-state index contributed by atoms with van der Waals surface area (Å²) in [6.07, 6.45) is 0.558. The monoisotopic (exact) mass is 546 g/mol. The minimum absolute atomic E-state index is 0.114. The molecular weight excluding hydrogens is 516 g/mol. The Labute approximate surface area is 231 Å². The predicted octanol–water partition coefficient (Wildman–Crippen LogP) is 3.46. The Morgan fingerprint density at radius 2 is 1.69 bits per heavy atom. The van der Waals surface area contributed by atoms with Crippen LogP contribution in [0.15, 0.2) is 83.7 Å². The second-order valence-corrected chi connectivity index (χ2v) is 9.52. The predicted molar refractivity (Wildman–Crippen MR) is 153 cm³/mol. The maximum atomic E-state index is 12.9. The molecule has 0 saturated carbocycles. The summed E-state index contributed by atoms with van der Waals surface area (Å²) in [5.41, 5.74) is 3.39. The van der Waals surface area contributed by atoms with Gasteiger partial charge < -0.3 is 21.1 Å². The lowest BCUT2D eigenvalue weighted by molar-refractivity contribution is 0.0944. The van der Waals surface area contributed by atoms with Crippen molar-refractivity contribution in [2.24, 2.45) is 7.05 Å². The van der Waals surface area contributed by atoms with Crippen LogP contribution < -0.4 is 16.3 Å². The third-order valence-corrected chi connectivity index (χ3v) is 6.69. The van der Waals surface area contributed by atoms with Gasteiger partial charge in [0.15, 0.2) is 0 Å². The van der Waals surface area contributed by atoms with Crippen molar-refractivity contribution in [1.82, 2.24) is 19.7 Å². The van der Waals surface area contributed by atoms with Gasteiger partial charge in [-0.05, 0) is 47.4 Å². The molecule has 1 heterocycles. The van der Waals surface area contributed by atoms with E-state index in [2.05, 4.69) is 15.7 Å². The first kappa shape index (κ1) is 27.8. The first-order valence-corrected chi connectivity index (χ1v) is 13.0. The Morgan fingerprint density at radius 3 is 2.36 bits per heavy atom. The molecule has 3 aromatic carbocycles. The maximum Gasteiger partial charge on any atom is 0.347 e. The van der Waals surface area contributed by atoms with Crippen molar-refractivity contribution < 1.29 is 9.90 Å². The van der Waals surface area contributed by atoms with Gasteiger partial charge in [-0.3, -0.25) is 9.36 Å². The Kier molecular flexibility index (Phi) is 9.30. The van der Waals surface area contributed by atoms with Crippen LogP contribution in [0, 0.1) is 5.41 Å². The Bertz CT molecular complexity index is 1460. The number of hydrogen-bond donors (Lipinski definition) is 4. The molecule has 4 rings (SSSR count). The van der Waals surface area contributed by atoms with Crippen molar-refractivity contribution >= 4 is 29.2 Å². The zero-order valence-electron chi connectivity index (χ0n) is 21.6. The van der Waals surface area contributed by atoms with Crippen LogP contribution in [0.2, 0.25) is 5.02 Å². The molecule has 202 valence electrons. The first-order valence-electron chi connectivity index (χ1n) is 12.6. The summed E-state index contributed by atoms with van der Waals surface area (Å²) >= 11 is 6.04. The van der Waals surface area contributed by atoms with Crippen molar-refractivity contribution in [1.29, 1.82) is 5.41 Å². The highest BCUT2D eigenvalue weighted by molar-refractivity contribution is 6.30. The van der Waals surface area contributed by atoms with Crippen LogP contribution in [-0.4, -0.2) is 50.8 Å². The van der Waals surface area contributed by atoms with E-state index in [1.54, 1.807) is 31.3 Å². The lowest BCUT2D eigenvalue weighted by atomic mass is 9.90. The number of nitrogens with one attached hydrogen (secondary N) is 3. The molecule has 1 aromatic heterocycles. The number of carbonyl (C=O) groups is 1. The lowest BCUT2D eigenvalue weighted by Crippen LogP contribution is -2.26. The Balaban J connectivity index is 1.44. The van der Waals surface area contributed by atoms with Crippen molar-refractivity contribution in [3.63, 3.8) is 0 Å². The van der Waals surface area contributed by atoms with Gasteiger partial charge in [-0.1, -0.05) is 66.2 Å². The van der Waals surface area contributed by atoms with Gasteiger partial charge in [0.1, 0.15) is 0 Å². The number of halogens is 1. The number of hydrogen-bond acceptors (Lipinski definition) is 6. The summed E-state index contributed by atoms with van der Waals surface area (Å²) in [6.45, 7) is 0.827. The van der Waals surface area contributed by atoms with Crippen LogP contribution in [0.5, 0.6) is 0 Å². The van der Waals surface area contributed by atoms with Gasteiger partial charge in [-0.25, -0.2) is 9.48 Å². The minimum Gasteiger partial charge on any atom is -0.395 e. The van der Waals surface area contributed by atoms with Crippen molar-refractivity contribution in [3.05, 3.63) is 117 Å². The molecule has 0 fully saturated rings. The molecule has 0 radical (unpaired) electrons. The van der Waals surface area contributed by atoms with E-state index in [1.165, 1.54) is 9.25 Å². The molecule has 1 atom stereocenters. The topological polar surface area (TPSA) is 125 Å². The molecule has 4 N–H and O–H groups in total. The average Bonchev–Trinajstić information content (AvgIpc) is 3.24. The van der Waals surface area contributed by atoms with Gasteiger partial charge >= 0.3 is 5.69 Å². The zero-order valence-corrected chi connectivity index (χ0v) is 22.4. The molecule has 0 aliphatic heterocycles. The van der Waals surface area contributed by atoms with Crippen LogP contribution in [0.4, 0.5) is 5.95 Å². The molecule has 0 saturated heterocycles. The number of rotatable bonds is 12. The van der Waals surface area contributed by atoms with Gasteiger partial charge in [0.2, 0.25) is 5.95 Å². The van der Waals surface area contributed by atoms with Crippen molar-refractivity contribution in [2.75, 3.05) is 25.0 Å². The third-order valence-electron chi connectivity index (χ3n) is 6.44. The van der Waals surface area contributed by atoms with Crippen LogP contribution in [0.1, 0.15) is 33.0 Å². The molecule has 1 amide bonds. The summed E-state index contributed by atoms with van der Waals surface area (Å²) < 4.78 is 2.87. The highest BCUT2D eigenvalue weighted by Crippen LogP contribution is 2.23. The smallest absolute Gasteiger partial charge is 0.347 e. The van der Waals surface area contributed by atoms with E-state index in [1.807, 2.05) is 54.6 Å². The second-order valence-electron chi connectivity index (χ2n) is 9.08. The van der Waals surface area contributed by atoms with Crippen LogP contribution >= 0.6 is 11.6 Å². The highest BCUT2D eigenvalue weighted by Gasteiger charge is 2.20. The normalized spacial score (nSPS) is 11.7. The highest BCUT2D eigenvalue weighted by atomic mass is 35.5. The van der Waals surface area contributed by atoms with E-state index in [4.69, 9.17) is 22.1 Å². The zero-order chi connectivity index (χ0) is 27.8. The van der Waals surface area contributed by atoms with E-state index in [0.717, 1.165) is 16.7 Å². The van der Waals surface area contributed by atoms with Crippen molar-refractivity contribution in [2.45, 2.75) is 18.9 Å². The number of carbonyl (C=O) groups excluding carboxylic acids is 1. The van der Waals surface area contributed by atoms with E-state index >= 15 is 0 Å². The van der Waals surface area contributed by atoms with E-state index in [-0.39, 0.29) is 30.7 Å². The van der Waals surface area contributed by atoms with E-state index in [9.17, 15) is 9.59 Å². The summed E-state index contributed by atoms with van der Waals surface area (Å²) in [5.74, 6) is -0.105. The lowest BCUT2D eigenvalue weighted by Gasteiger charge is -2.20. The van der Waals surface area contributed by atoms with Gasteiger partial charge in [-0.15, -0.1) is 5.10 Å². The largest absolute Gasteiger partial charge is 0.395 e. The minimum atomic E-state index is -0.277. The summed E-state index contributed by atoms with van der Waals surface area (Å²) in [5, 5.41) is 28.7. The van der Waals surface area contributed by atoms with Crippen LogP contribution in [0.25, 0.3) is 0 Å². The van der Waals surface area contributed by atoms with E-state index in [0.29, 0.717) is 41.8 Å². The number of aliphatic hydroxyl groups is 1. The SMILES string of the molecule is Cn1c(NCC(C(=N)c2ccc(Cl)cc2)c2ccccc2)nn(CCc2ccc(C(=O)NCCO)cc2)c1=O. The molecular formula is C29H31ClN6O3. The number of amides is 1. The van der Waals surface area contributed by atoms with E-state index < -0.39 is 0 Å². The fraction of sp³-hybridized carbons (Fsp3) is 0.241. The quantitative estimate of drug-likeness (QED) is 0.203. The average molecular weight is 547 g/mol. The molecule has 0 aliphatic rings. The third kappa shape index (κ3) is 7.01. The Hall–Kier alpha value is -4.21. The number of aliphatic hydroxyl groups excluding tert-OH is 1. The molecule has 4 aromatic rings. The van der Waals surface area contributed by atoms with Crippen molar-refractivity contribution in [3.8, 4) is 0 Å². The molecule has 0 spiro atoms. The van der Waals surface area contributed by atoms with Crippen LogP contribution in [-0.2, 0) is 20.0 Å². The fourth-order valence-electron chi connectivity index (χ4n) is 4.21. The molecule has 0 aliphatic carbocycles. The summed E-state index contributed by atoms with van der Waals surface area (Å²) in [6, 6.07) is 24.1. The number of benzene rings is 3. The molecule has 39 heavy (non-hydrogen) atoms. The summed E-state index contributed by atoms with van der Waals surface area (Å²) in [7, 11) is 1.66.